The fourth-order valence-electron chi connectivity index (χ4n) is 2.55. The van der Waals surface area contributed by atoms with Crippen LogP contribution in [0, 0.1) is 12.3 Å². The summed E-state index contributed by atoms with van der Waals surface area (Å²) in [7, 11) is -5.39. The van der Waals surface area contributed by atoms with Gasteiger partial charge in [0.05, 0.1) is 50.5 Å². The molecule has 162 valence electrons. The van der Waals surface area contributed by atoms with E-state index in [9.17, 15) is 0 Å². The molecule has 1 heterocycles. The second-order valence-electron chi connectivity index (χ2n) is 5.54. The van der Waals surface area contributed by atoms with E-state index in [1.165, 1.54) is 7.11 Å². The van der Waals surface area contributed by atoms with Crippen LogP contribution in [-0.2, 0) is 9.47 Å². The minimum atomic E-state index is -3.65. The Labute approximate surface area is 201 Å². The molecule has 0 aliphatic rings. The summed E-state index contributed by atoms with van der Waals surface area (Å²) in [4.78, 5) is 8.18. The van der Waals surface area contributed by atoms with Crippen molar-refractivity contribution in [2.24, 2.45) is 0 Å². The molecule has 3 aromatic rings. The summed E-state index contributed by atoms with van der Waals surface area (Å²) in [6, 6.07) is 6.61. The number of hydrogen-bond donors (Lipinski definition) is 1. The van der Waals surface area contributed by atoms with Crippen LogP contribution < -0.4 is 19.5 Å². The third-order valence-electron chi connectivity index (χ3n) is 3.83. The third kappa shape index (κ3) is 5.54. The van der Waals surface area contributed by atoms with E-state index in [1.807, 2.05) is 0 Å². The van der Waals surface area contributed by atoms with Crippen molar-refractivity contribution in [1.82, 2.24) is 9.97 Å². The summed E-state index contributed by atoms with van der Waals surface area (Å²) in [5, 5.41) is 3.00. The van der Waals surface area contributed by atoms with E-state index in [4.69, 9.17) is 39.8 Å². The number of anilines is 2. The lowest BCUT2D eigenvalue weighted by atomic mass is 10.1. The zero-order valence-electron chi connectivity index (χ0n) is 30.0. The second-order valence-corrected chi connectivity index (χ2v) is 5.54. The van der Waals surface area contributed by atoms with Gasteiger partial charge in [-0.05, 0) is 24.3 Å². The molecule has 0 fully saturated rings. The topological polar surface area (TPSA) is 84.0 Å². The molecule has 2 aromatic carbocycles. The molecule has 0 aliphatic carbocycles. The number of methoxy groups -OCH3 is 3. The number of terminal acetylenes is 1. The zero-order valence-corrected chi connectivity index (χ0v) is 16.0. The lowest BCUT2D eigenvalue weighted by Crippen LogP contribution is -2.09. The summed E-state index contributed by atoms with van der Waals surface area (Å²) in [5.74, 6) is 1.26. The highest BCUT2D eigenvalue weighted by Crippen LogP contribution is 2.35. The van der Waals surface area contributed by atoms with E-state index in [2.05, 4.69) is 30.7 Å². The molecule has 0 aliphatic heterocycles. The van der Waals surface area contributed by atoms with Crippen LogP contribution in [0.4, 0.5) is 11.5 Å². The standard InChI is InChI=1S/C23H25N3O5/c1-5-16-12-17(6-7-20(16)29-4)26-23-18-13-21(30-10-8-27-2)22(31-11-9-28-3)14-19(18)24-15-25-23/h1,6-7,12-15H,8-11H2,2-4H3,(H,24,25,26)/i2D3,3D3,8D2,9D2,10D2,11D2. The average molecular weight is 438 g/mol. The summed E-state index contributed by atoms with van der Waals surface area (Å²) in [6.07, 6.45) is 6.62. The van der Waals surface area contributed by atoms with Crippen LogP contribution in [0.25, 0.3) is 10.9 Å². The Morgan fingerprint density at radius 2 is 1.74 bits per heavy atom. The van der Waals surface area contributed by atoms with E-state index >= 15 is 0 Å². The minimum absolute atomic E-state index is 0.0315. The highest BCUT2D eigenvalue weighted by molar-refractivity contribution is 5.93. The third-order valence-corrected chi connectivity index (χ3v) is 3.83. The minimum Gasteiger partial charge on any atom is -0.495 e. The van der Waals surface area contributed by atoms with Gasteiger partial charge in [0.15, 0.2) is 11.5 Å². The molecule has 1 N–H and O–H groups in total. The van der Waals surface area contributed by atoms with Gasteiger partial charge in [-0.3, -0.25) is 0 Å². The maximum absolute atomic E-state index is 8.13. The van der Waals surface area contributed by atoms with Crippen LogP contribution in [0.2, 0.25) is 0 Å². The molecule has 0 saturated carbocycles. The summed E-state index contributed by atoms with van der Waals surface area (Å²) >= 11 is 0. The lowest BCUT2D eigenvalue weighted by molar-refractivity contribution is 0.132. The molecule has 3 rings (SSSR count). The fraction of sp³-hybridized carbons (Fsp3) is 0.304. The van der Waals surface area contributed by atoms with Gasteiger partial charge in [0.1, 0.15) is 31.0 Å². The Balaban J connectivity index is 2.19. The van der Waals surface area contributed by atoms with Gasteiger partial charge >= 0.3 is 0 Å². The molecule has 0 bridgehead atoms. The van der Waals surface area contributed by atoms with Crippen molar-refractivity contribution in [3.63, 3.8) is 0 Å². The van der Waals surface area contributed by atoms with E-state index in [1.54, 1.807) is 18.2 Å². The highest BCUT2D eigenvalue weighted by atomic mass is 16.5. The van der Waals surface area contributed by atoms with Gasteiger partial charge in [-0.15, -0.1) is 6.42 Å². The van der Waals surface area contributed by atoms with Gasteiger partial charge in [-0.2, -0.15) is 0 Å². The van der Waals surface area contributed by atoms with Crippen molar-refractivity contribution in [2.75, 3.05) is 52.7 Å². The monoisotopic (exact) mass is 437 g/mol. The second kappa shape index (κ2) is 11.0. The number of nitrogens with zero attached hydrogens (tertiary/aromatic N) is 2. The van der Waals surface area contributed by atoms with Crippen LogP contribution in [0.1, 0.15) is 24.8 Å². The van der Waals surface area contributed by atoms with E-state index in [-0.39, 0.29) is 16.7 Å². The van der Waals surface area contributed by atoms with Crippen molar-refractivity contribution in [2.45, 2.75) is 0 Å². The maximum Gasteiger partial charge on any atom is 0.163 e. The average Bonchev–Trinajstić information content (AvgIpc) is 2.86. The van der Waals surface area contributed by atoms with Gasteiger partial charge in [0.25, 0.3) is 0 Å². The Hall–Kier alpha value is -3.54. The molecule has 0 unspecified atom stereocenters. The first-order chi connectivity index (χ1) is 20.4. The van der Waals surface area contributed by atoms with Crippen LogP contribution in [0.15, 0.2) is 36.7 Å². The van der Waals surface area contributed by atoms with Crippen molar-refractivity contribution < 1.29 is 42.9 Å². The summed E-state index contributed by atoms with van der Waals surface area (Å²) in [5.41, 5.74) is 0.743. The van der Waals surface area contributed by atoms with Crippen molar-refractivity contribution in [1.29, 1.82) is 0 Å². The number of benzene rings is 2. The number of fused-ring (bicyclic) bond motifs is 1. The van der Waals surface area contributed by atoms with Gasteiger partial charge in [0.2, 0.25) is 0 Å². The van der Waals surface area contributed by atoms with Crippen LogP contribution in [-0.4, -0.2) is 57.4 Å². The highest BCUT2D eigenvalue weighted by Gasteiger charge is 2.13. The zero-order chi connectivity index (χ0) is 34.2. The molecule has 0 radical (unpaired) electrons. The van der Waals surface area contributed by atoms with Crippen molar-refractivity contribution in [3.05, 3.63) is 42.2 Å². The van der Waals surface area contributed by atoms with Gasteiger partial charge < -0.3 is 29.0 Å². The number of ether oxygens (including phenoxy) is 5. The molecule has 0 saturated heterocycles. The predicted octanol–water partition coefficient (Wildman–Crippen LogP) is 3.41. The Kier molecular flexibility index (Phi) is 3.62. The first-order valence-electron chi connectivity index (χ1n) is 15.4. The Bertz CT molecular complexity index is 1590. The quantitative estimate of drug-likeness (QED) is 0.457. The maximum atomic E-state index is 8.13. The molecule has 0 amide bonds. The van der Waals surface area contributed by atoms with Gasteiger partial charge in [-0.1, -0.05) is 5.92 Å². The molecular formula is C23H25N3O5. The smallest absolute Gasteiger partial charge is 0.163 e. The normalized spacial score (nSPS) is 19.9. The molecular weight excluding hydrogens is 398 g/mol. The molecule has 1 aromatic heterocycles. The van der Waals surface area contributed by atoms with E-state index < -0.39 is 51.8 Å². The number of nitrogens with one attached hydrogen (secondary N) is 1. The Morgan fingerprint density at radius 1 is 1.00 bits per heavy atom. The van der Waals surface area contributed by atoms with E-state index in [0.29, 0.717) is 17.0 Å². The number of hydrogen-bond acceptors (Lipinski definition) is 8. The van der Waals surface area contributed by atoms with E-state index in [0.717, 1.165) is 18.5 Å². The van der Waals surface area contributed by atoms with Crippen molar-refractivity contribution >= 4 is 22.4 Å². The molecule has 0 spiro atoms. The number of aromatic nitrogens is 2. The first kappa shape index (κ1) is 10.2. The summed E-state index contributed by atoms with van der Waals surface area (Å²) in [6.45, 7) is -14.5. The van der Waals surface area contributed by atoms with Gasteiger partial charge in [-0.25, -0.2) is 9.97 Å². The Morgan fingerprint density at radius 3 is 2.42 bits per heavy atom. The molecule has 31 heavy (non-hydrogen) atoms. The van der Waals surface area contributed by atoms with Crippen molar-refractivity contribution in [3.8, 4) is 29.6 Å². The fourth-order valence-corrected chi connectivity index (χ4v) is 2.55. The van der Waals surface area contributed by atoms with Crippen LogP contribution >= 0.6 is 0 Å². The SMILES string of the molecule is [2H]C([2H])([2H])OC([2H])([2H])C([2H])([2H])Oc1cc2ncnc(Nc3ccc(OC)c(C#C)c3)c2cc1OC([2H])([2H])C([2H])([2H])OC([2H])([2H])[2H]. The van der Waals surface area contributed by atoms with Crippen LogP contribution in [0.5, 0.6) is 17.2 Å². The summed E-state index contributed by atoms with van der Waals surface area (Å²) < 4.78 is 131. The molecule has 0 atom stereocenters. The largest absolute Gasteiger partial charge is 0.495 e. The molecule has 8 heteroatoms. The van der Waals surface area contributed by atoms with Crippen LogP contribution in [0.3, 0.4) is 0 Å². The molecule has 8 nitrogen and oxygen atoms in total. The first-order valence-corrected chi connectivity index (χ1v) is 8.39. The number of rotatable bonds is 11. The predicted molar refractivity (Wildman–Crippen MR) is 118 cm³/mol. The lowest BCUT2D eigenvalue weighted by Gasteiger charge is -2.15. The van der Waals surface area contributed by atoms with Gasteiger partial charge in [0, 0.05) is 31.2 Å².